The monoisotopic (exact) mass is 389 g/mol. The van der Waals surface area contributed by atoms with Crippen molar-refractivity contribution in [2.45, 2.75) is 52.6 Å². The van der Waals surface area contributed by atoms with Crippen LogP contribution in [0, 0.1) is 6.92 Å². The molecule has 1 heterocycles. The van der Waals surface area contributed by atoms with Gasteiger partial charge >= 0.3 is 5.97 Å². The van der Waals surface area contributed by atoms with E-state index >= 15 is 0 Å². The molecular weight excluding hydrogens is 354 g/mol. The first-order valence-corrected chi connectivity index (χ1v) is 10.4. The molecule has 156 valence electrons. The molecule has 1 aromatic rings. The molecule has 0 radical (unpaired) electrons. The number of carboxylic acids is 1. The fourth-order valence-corrected chi connectivity index (χ4v) is 3.88. The molecule has 6 heteroatoms. The molecule has 0 spiro atoms. The smallest absolute Gasteiger partial charge is 0.317 e. The van der Waals surface area contributed by atoms with Gasteiger partial charge in [0.1, 0.15) is 0 Å². The number of aliphatic carboxylic acids is 1. The molecule has 0 aromatic heterocycles. The lowest BCUT2D eigenvalue weighted by molar-refractivity contribution is -0.139. The number of carbonyl (C=O) groups is 2. The molecule has 28 heavy (non-hydrogen) atoms. The molecule has 6 nitrogen and oxygen atoms in total. The van der Waals surface area contributed by atoms with Crippen LogP contribution in [0.25, 0.3) is 0 Å². The third-order valence-corrected chi connectivity index (χ3v) is 5.52. The van der Waals surface area contributed by atoms with E-state index in [1.54, 1.807) is 0 Å². The zero-order chi connectivity index (χ0) is 20.5. The summed E-state index contributed by atoms with van der Waals surface area (Å²) < 4.78 is 0. The third kappa shape index (κ3) is 6.91. The molecule has 0 saturated carbocycles. The van der Waals surface area contributed by atoms with E-state index in [2.05, 4.69) is 43.0 Å². The van der Waals surface area contributed by atoms with Crippen LogP contribution in [0.5, 0.6) is 0 Å². The largest absolute Gasteiger partial charge is 0.480 e. The van der Waals surface area contributed by atoms with Crippen molar-refractivity contribution in [2.24, 2.45) is 0 Å². The number of hydrogen-bond donors (Lipinski definition) is 1. The van der Waals surface area contributed by atoms with E-state index in [0.29, 0.717) is 19.1 Å². The number of nitrogens with zero attached hydrogens (tertiary/aromatic N) is 3. The summed E-state index contributed by atoms with van der Waals surface area (Å²) in [7, 11) is 0. The summed E-state index contributed by atoms with van der Waals surface area (Å²) in [5.41, 5.74) is 2.39. The standard InChI is InChI=1S/C22H35N3O3/c1-4-12-25(15-19-8-6-18(3)7-9-19)21(26)16-23-13-10-20(11-14-23)24(5-2)17-22(27)28/h6-9,20H,4-5,10-17H2,1-3H3,(H,27,28). The van der Waals surface area contributed by atoms with Crippen molar-refractivity contribution in [3.8, 4) is 0 Å². The van der Waals surface area contributed by atoms with Gasteiger partial charge in [-0.2, -0.15) is 0 Å². The van der Waals surface area contributed by atoms with Crippen molar-refractivity contribution >= 4 is 11.9 Å². The van der Waals surface area contributed by atoms with E-state index in [0.717, 1.165) is 45.4 Å². The summed E-state index contributed by atoms with van der Waals surface area (Å²) in [5.74, 6) is -0.593. The molecule has 1 aliphatic rings. The van der Waals surface area contributed by atoms with Gasteiger partial charge in [-0.15, -0.1) is 0 Å². The Hall–Kier alpha value is -1.92. The third-order valence-electron chi connectivity index (χ3n) is 5.52. The van der Waals surface area contributed by atoms with E-state index < -0.39 is 5.97 Å². The Bertz CT molecular complexity index is 624. The van der Waals surface area contributed by atoms with Gasteiger partial charge in [-0.3, -0.25) is 19.4 Å². The second-order valence-corrected chi connectivity index (χ2v) is 7.77. The Balaban J connectivity index is 1.86. The van der Waals surface area contributed by atoms with Gasteiger partial charge in [0.25, 0.3) is 0 Å². The molecule has 1 aromatic carbocycles. The second kappa shape index (κ2) is 11.2. The summed E-state index contributed by atoms with van der Waals surface area (Å²) in [4.78, 5) is 30.1. The highest BCUT2D eigenvalue weighted by molar-refractivity contribution is 5.78. The van der Waals surface area contributed by atoms with Crippen molar-refractivity contribution in [2.75, 3.05) is 39.3 Å². The maximum atomic E-state index is 12.9. The van der Waals surface area contributed by atoms with E-state index in [9.17, 15) is 9.59 Å². The average molecular weight is 390 g/mol. The molecule has 1 fully saturated rings. The number of amides is 1. The van der Waals surface area contributed by atoms with Gasteiger partial charge in [0.2, 0.25) is 5.91 Å². The van der Waals surface area contributed by atoms with Crippen LogP contribution in [-0.2, 0) is 16.1 Å². The molecule has 0 bridgehead atoms. The molecule has 1 aliphatic heterocycles. The normalized spacial score (nSPS) is 15.7. The molecule has 0 atom stereocenters. The van der Waals surface area contributed by atoms with Crippen molar-refractivity contribution in [1.29, 1.82) is 0 Å². The van der Waals surface area contributed by atoms with Gasteiger partial charge in [0.15, 0.2) is 0 Å². The molecule has 0 aliphatic carbocycles. The summed E-state index contributed by atoms with van der Waals surface area (Å²) >= 11 is 0. The van der Waals surface area contributed by atoms with Gasteiger partial charge < -0.3 is 10.0 Å². The lowest BCUT2D eigenvalue weighted by Gasteiger charge is -2.37. The summed E-state index contributed by atoms with van der Waals surface area (Å²) in [5, 5.41) is 9.06. The SMILES string of the molecule is CCCN(Cc1ccc(C)cc1)C(=O)CN1CCC(N(CC)CC(=O)O)CC1. The number of benzene rings is 1. The van der Waals surface area contributed by atoms with E-state index in [4.69, 9.17) is 5.11 Å². The van der Waals surface area contributed by atoms with E-state index in [1.165, 1.54) is 11.1 Å². The van der Waals surface area contributed by atoms with Crippen LogP contribution >= 0.6 is 0 Å². The number of piperidine rings is 1. The van der Waals surface area contributed by atoms with Crippen LogP contribution in [0.15, 0.2) is 24.3 Å². The van der Waals surface area contributed by atoms with Crippen LogP contribution in [0.2, 0.25) is 0 Å². The minimum Gasteiger partial charge on any atom is -0.480 e. The van der Waals surface area contributed by atoms with Gasteiger partial charge in [-0.1, -0.05) is 43.7 Å². The number of aryl methyl sites for hydroxylation is 1. The molecule has 1 amide bonds. The van der Waals surface area contributed by atoms with Crippen LogP contribution in [0.3, 0.4) is 0 Å². The number of carboxylic acid groups (broad SMARTS) is 1. The Morgan fingerprint density at radius 3 is 2.32 bits per heavy atom. The average Bonchev–Trinajstić information content (AvgIpc) is 2.68. The number of rotatable bonds is 10. The first-order valence-electron chi connectivity index (χ1n) is 10.4. The minimum atomic E-state index is -0.772. The summed E-state index contributed by atoms with van der Waals surface area (Å²) in [6, 6.07) is 8.67. The van der Waals surface area contributed by atoms with Gasteiger partial charge in [-0.05, 0) is 38.3 Å². The van der Waals surface area contributed by atoms with E-state index in [-0.39, 0.29) is 12.5 Å². The molecule has 2 rings (SSSR count). The van der Waals surface area contributed by atoms with Gasteiger partial charge in [0, 0.05) is 32.2 Å². The first-order chi connectivity index (χ1) is 13.4. The Morgan fingerprint density at radius 1 is 1.14 bits per heavy atom. The number of carbonyl (C=O) groups excluding carboxylic acids is 1. The number of hydrogen-bond acceptors (Lipinski definition) is 4. The maximum Gasteiger partial charge on any atom is 0.317 e. The number of likely N-dealkylation sites (tertiary alicyclic amines) is 1. The van der Waals surface area contributed by atoms with Crippen molar-refractivity contribution in [1.82, 2.24) is 14.7 Å². The van der Waals surface area contributed by atoms with Crippen molar-refractivity contribution < 1.29 is 14.7 Å². The lowest BCUT2D eigenvalue weighted by Crippen LogP contribution is -2.49. The molecule has 1 N–H and O–H groups in total. The van der Waals surface area contributed by atoms with Crippen molar-refractivity contribution in [3.63, 3.8) is 0 Å². The maximum absolute atomic E-state index is 12.9. The summed E-state index contributed by atoms with van der Waals surface area (Å²) in [6.45, 7) is 10.6. The van der Waals surface area contributed by atoms with Gasteiger partial charge in [-0.25, -0.2) is 0 Å². The minimum absolute atomic E-state index is 0.0981. The highest BCUT2D eigenvalue weighted by Gasteiger charge is 2.26. The Kier molecular flexibility index (Phi) is 8.93. The fraction of sp³-hybridized carbons (Fsp3) is 0.636. The topological polar surface area (TPSA) is 64.1 Å². The Morgan fingerprint density at radius 2 is 1.79 bits per heavy atom. The van der Waals surface area contributed by atoms with Gasteiger partial charge in [0.05, 0.1) is 13.1 Å². The predicted octanol–water partition coefficient (Wildman–Crippen LogP) is 2.60. The van der Waals surface area contributed by atoms with Crippen LogP contribution in [0.1, 0.15) is 44.2 Å². The zero-order valence-electron chi connectivity index (χ0n) is 17.6. The first kappa shape index (κ1) is 22.4. The highest BCUT2D eigenvalue weighted by atomic mass is 16.4. The lowest BCUT2D eigenvalue weighted by atomic mass is 10.0. The van der Waals surface area contributed by atoms with Crippen LogP contribution < -0.4 is 0 Å². The Labute approximate surface area is 169 Å². The summed E-state index contributed by atoms with van der Waals surface area (Å²) in [6.07, 6.45) is 2.78. The zero-order valence-corrected chi connectivity index (χ0v) is 17.6. The molecular formula is C22H35N3O3. The van der Waals surface area contributed by atoms with E-state index in [1.807, 2.05) is 16.7 Å². The number of likely N-dealkylation sites (N-methyl/N-ethyl adjacent to an activating group) is 1. The quantitative estimate of drug-likeness (QED) is 0.666. The molecule has 1 saturated heterocycles. The predicted molar refractivity (Wildman–Crippen MR) is 111 cm³/mol. The highest BCUT2D eigenvalue weighted by Crippen LogP contribution is 2.17. The second-order valence-electron chi connectivity index (χ2n) is 7.77. The van der Waals surface area contributed by atoms with Crippen molar-refractivity contribution in [3.05, 3.63) is 35.4 Å². The van der Waals surface area contributed by atoms with Crippen LogP contribution in [-0.4, -0.2) is 77.0 Å². The van der Waals surface area contributed by atoms with Crippen LogP contribution in [0.4, 0.5) is 0 Å². The molecule has 0 unspecified atom stereocenters. The fourth-order valence-electron chi connectivity index (χ4n) is 3.88.